The molecule has 0 amide bonds. The standard InChI is InChI=1S/C34H30FN3O4.C4H11N/c35-28-13-8-23(9-14-28)21-34(33(40)41)16-18-38(19-17-34)22-24-6-10-26(11-7-24)31-36-32(42-37-31)27-12-15-29(30(39)20-27)25-4-2-1-3-5-25;1-4(2,3)5/h1-15,20,39H,16-19,21-22H2,(H,40,41);5H2,1-3H3. The van der Waals surface area contributed by atoms with E-state index in [-0.39, 0.29) is 17.1 Å². The second kappa shape index (κ2) is 14.3. The van der Waals surface area contributed by atoms with Crippen molar-refractivity contribution >= 4 is 5.97 Å². The van der Waals surface area contributed by atoms with E-state index in [4.69, 9.17) is 10.3 Å². The smallest absolute Gasteiger partial charge is 0.310 e. The summed E-state index contributed by atoms with van der Waals surface area (Å²) in [4.78, 5) is 19.0. The van der Waals surface area contributed by atoms with E-state index in [0.717, 1.165) is 27.8 Å². The summed E-state index contributed by atoms with van der Waals surface area (Å²) < 4.78 is 18.8. The summed E-state index contributed by atoms with van der Waals surface area (Å²) in [6.07, 6.45) is 1.46. The van der Waals surface area contributed by atoms with Crippen molar-refractivity contribution in [1.29, 1.82) is 0 Å². The number of carboxylic acid groups (broad SMARTS) is 1. The van der Waals surface area contributed by atoms with Crippen LogP contribution in [0.25, 0.3) is 34.0 Å². The fourth-order valence-electron chi connectivity index (χ4n) is 5.60. The molecule has 47 heavy (non-hydrogen) atoms. The lowest BCUT2D eigenvalue weighted by atomic mass is 9.74. The number of rotatable bonds is 8. The molecule has 1 aromatic heterocycles. The maximum absolute atomic E-state index is 13.3. The average Bonchev–Trinajstić information content (AvgIpc) is 3.54. The highest BCUT2D eigenvalue weighted by molar-refractivity contribution is 5.75. The minimum Gasteiger partial charge on any atom is -0.507 e. The number of phenolic OH excluding ortho intramolecular Hbond substituents is 1. The van der Waals surface area contributed by atoms with Gasteiger partial charge in [-0.05, 0) is 100 Å². The van der Waals surface area contributed by atoms with Crippen LogP contribution in [0.4, 0.5) is 4.39 Å². The Morgan fingerprint density at radius 2 is 1.49 bits per heavy atom. The van der Waals surface area contributed by atoms with Crippen molar-refractivity contribution in [2.45, 2.75) is 52.1 Å². The first-order valence-electron chi connectivity index (χ1n) is 15.7. The number of hydrogen-bond acceptors (Lipinski definition) is 7. The van der Waals surface area contributed by atoms with Crippen LogP contribution in [0.15, 0.2) is 102 Å². The Balaban J connectivity index is 0.000000807. The Hall–Kier alpha value is -4.86. The lowest BCUT2D eigenvalue weighted by Crippen LogP contribution is -2.45. The maximum atomic E-state index is 13.3. The van der Waals surface area contributed by atoms with Gasteiger partial charge in [-0.2, -0.15) is 4.98 Å². The van der Waals surface area contributed by atoms with E-state index in [1.807, 2.05) is 87.5 Å². The third kappa shape index (κ3) is 8.90. The van der Waals surface area contributed by atoms with Crippen molar-refractivity contribution in [2.75, 3.05) is 13.1 Å². The van der Waals surface area contributed by atoms with Crippen molar-refractivity contribution in [3.8, 4) is 39.7 Å². The summed E-state index contributed by atoms with van der Waals surface area (Å²) in [7, 11) is 0. The monoisotopic (exact) mass is 636 g/mol. The molecule has 8 nitrogen and oxygen atoms in total. The van der Waals surface area contributed by atoms with E-state index in [1.165, 1.54) is 12.1 Å². The molecule has 0 unspecified atom stereocenters. The molecule has 1 aliphatic heterocycles. The van der Waals surface area contributed by atoms with Gasteiger partial charge in [-0.3, -0.25) is 9.69 Å². The predicted octanol–water partition coefficient (Wildman–Crippen LogP) is 7.57. The van der Waals surface area contributed by atoms with E-state index in [0.29, 0.717) is 56.2 Å². The molecule has 0 saturated carbocycles. The van der Waals surface area contributed by atoms with Gasteiger partial charge in [-0.15, -0.1) is 0 Å². The summed E-state index contributed by atoms with van der Waals surface area (Å²) in [6, 6.07) is 29.0. The Kier molecular flexibility index (Phi) is 10.2. The van der Waals surface area contributed by atoms with Crippen LogP contribution in [0.5, 0.6) is 5.75 Å². The van der Waals surface area contributed by atoms with Gasteiger partial charge in [-0.25, -0.2) is 4.39 Å². The SMILES string of the molecule is CC(C)(C)N.O=C(O)C1(Cc2ccc(F)cc2)CCN(Cc2ccc(-c3noc(-c4ccc(-c5ccccc5)c(O)c4)n3)cc2)CC1. The molecule has 4 aromatic carbocycles. The van der Waals surface area contributed by atoms with E-state index < -0.39 is 11.4 Å². The first-order valence-corrected chi connectivity index (χ1v) is 15.7. The number of aromatic nitrogens is 2. The molecule has 1 fully saturated rings. The van der Waals surface area contributed by atoms with Gasteiger partial charge in [0.1, 0.15) is 11.6 Å². The third-order valence-corrected chi connectivity index (χ3v) is 8.10. The first kappa shape index (κ1) is 33.5. The van der Waals surface area contributed by atoms with E-state index in [1.54, 1.807) is 18.2 Å². The van der Waals surface area contributed by atoms with Gasteiger partial charge in [0.25, 0.3) is 5.89 Å². The number of benzene rings is 4. The van der Waals surface area contributed by atoms with E-state index in [9.17, 15) is 19.4 Å². The molecular weight excluding hydrogens is 595 g/mol. The second-order valence-corrected chi connectivity index (χ2v) is 13.2. The van der Waals surface area contributed by atoms with Gasteiger partial charge < -0.3 is 20.5 Å². The largest absolute Gasteiger partial charge is 0.507 e. The Labute approximate surface area is 274 Å². The summed E-state index contributed by atoms with van der Waals surface area (Å²) >= 11 is 0. The van der Waals surface area contributed by atoms with Crippen LogP contribution < -0.4 is 5.73 Å². The zero-order valence-corrected chi connectivity index (χ0v) is 27.0. The van der Waals surface area contributed by atoms with Crippen LogP contribution in [-0.2, 0) is 17.8 Å². The van der Waals surface area contributed by atoms with Gasteiger partial charge in [0.05, 0.1) is 5.41 Å². The molecule has 0 atom stereocenters. The normalized spacial score (nSPS) is 14.7. The van der Waals surface area contributed by atoms with Crippen LogP contribution in [0.2, 0.25) is 0 Å². The Morgan fingerprint density at radius 3 is 2.09 bits per heavy atom. The van der Waals surface area contributed by atoms with Crippen molar-refractivity contribution in [2.24, 2.45) is 11.1 Å². The number of piperidine rings is 1. The van der Waals surface area contributed by atoms with Crippen molar-refractivity contribution in [3.05, 3.63) is 114 Å². The molecule has 1 saturated heterocycles. The minimum atomic E-state index is -0.840. The van der Waals surface area contributed by atoms with Crippen LogP contribution in [0, 0.1) is 11.2 Å². The van der Waals surface area contributed by atoms with Crippen LogP contribution >= 0.6 is 0 Å². The molecule has 244 valence electrons. The molecule has 0 radical (unpaired) electrons. The number of likely N-dealkylation sites (tertiary alicyclic amines) is 1. The first-order chi connectivity index (χ1) is 22.4. The number of carboxylic acids is 1. The van der Waals surface area contributed by atoms with E-state index >= 15 is 0 Å². The molecule has 0 bridgehead atoms. The molecule has 2 heterocycles. The summed E-state index contributed by atoms with van der Waals surface area (Å²) in [6.45, 7) is 7.93. The lowest BCUT2D eigenvalue weighted by Gasteiger charge is -2.39. The predicted molar refractivity (Wildman–Crippen MR) is 181 cm³/mol. The number of nitrogens with zero attached hydrogens (tertiary/aromatic N) is 3. The maximum Gasteiger partial charge on any atom is 0.310 e. The molecular formula is C38H41FN4O4. The molecule has 6 rings (SSSR count). The molecule has 0 aliphatic carbocycles. The van der Waals surface area contributed by atoms with Gasteiger partial charge in [0.2, 0.25) is 5.82 Å². The van der Waals surface area contributed by atoms with Crippen molar-refractivity contribution in [1.82, 2.24) is 15.0 Å². The van der Waals surface area contributed by atoms with Crippen LogP contribution in [-0.4, -0.2) is 49.9 Å². The Morgan fingerprint density at radius 1 is 0.894 bits per heavy atom. The van der Waals surface area contributed by atoms with Gasteiger partial charge in [0.15, 0.2) is 0 Å². The Bertz CT molecular complexity index is 1770. The summed E-state index contributed by atoms with van der Waals surface area (Å²) in [5.41, 5.74) is 9.54. The van der Waals surface area contributed by atoms with Crippen molar-refractivity contribution < 1.29 is 23.9 Å². The second-order valence-electron chi connectivity index (χ2n) is 13.2. The topological polar surface area (TPSA) is 126 Å². The number of hydrogen-bond donors (Lipinski definition) is 3. The fourth-order valence-corrected chi connectivity index (χ4v) is 5.60. The number of aromatic hydroxyl groups is 1. The highest BCUT2D eigenvalue weighted by Gasteiger charge is 2.41. The summed E-state index contributed by atoms with van der Waals surface area (Å²) in [5, 5.41) is 24.8. The molecule has 0 spiro atoms. The number of nitrogens with two attached hydrogens (primary N) is 1. The molecule has 5 aromatic rings. The van der Waals surface area contributed by atoms with Crippen LogP contribution in [0.1, 0.15) is 44.7 Å². The quantitative estimate of drug-likeness (QED) is 0.159. The van der Waals surface area contributed by atoms with Gasteiger partial charge in [-0.1, -0.05) is 71.9 Å². The van der Waals surface area contributed by atoms with Crippen LogP contribution in [0.3, 0.4) is 0 Å². The number of halogens is 1. The number of phenols is 1. The zero-order valence-electron chi connectivity index (χ0n) is 27.0. The lowest BCUT2D eigenvalue weighted by molar-refractivity contribution is -0.152. The third-order valence-electron chi connectivity index (χ3n) is 8.10. The highest BCUT2D eigenvalue weighted by atomic mass is 19.1. The number of carbonyl (C=O) groups is 1. The molecule has 4 N–H and O–H groups in total. The average molecular weight is 637 g/mol. The highest BCUT2D eigenvalue weighted by Crippen LogP contribution is 2.37. The molecule has 9 heteroatoms. The van der Waals surface area contributed by atoms with E-state index in [2.05, 4.69) is 15.0 Å². The van der Waals surface area contributed by atoms with Gasteiger partial charge >= 0.3 is 5.97 Å². The number of aliphatic carboxylic acids is 1. The van der Waals surface area contributed by atoms with Crippen molar-refractivity contribution in [3.63, 3.8) is 0 Å². The minimum absolute atomic E-state index is 0. The summed E-state index contributed by atoms with van der Waals surface area (Å²) in [5.74, 6) is -0.208. The fraction of sp³-hybridized carbons (Fsp3) is 0.289. The zero-order chi connectivity index (χ0) is 33.6. The molecule has 1 aliphatic rings. The van der Waals surface area contributed by atoms with Gasteiger partial charge in [0, 0.05) is 28.8 Å².